The van der Waals surface area contributed by atoms with Gasteiger partial charge in [0.2, 0.25) is 5.91 Å². The Morgan fingerprint density at radius 3 is 2.15 bits per heavy atom. The molecule has 8 heteroatoms. The Morgan fingerprint density at radius 1 is 1.15 bits per heavy atom. The molecule has 0 bridgehead atoms. The van der Waals surface area contributed by atoms with Gasteiger partial charge < -0.3 is 26.2 Å². The Kier molecular flexibility index (Phi) is 6.98. The van der Waals surface area contributed by atoms with E-state index in [1.807, 2.05) is 13.8 Å². The zero-order chi connectivity index (χ0) is 15.9. The summed E-state index contributed by atoms with van der Waals surface area (Å²) in [6, 6.07) is -1.48. The van der Waals surface area contributed by atoms with Crippen LogP contribution in [-0.4, -0.2) is 52.9 Å². The Labute approximate surface area is 117 Å². The normalized spacial score (nSPS) is 15.1. The van der Waals surface area contributed by atoms with Gasteiger partial charge in [-0.25, -0.2) is 9.59 Å². The number of carboxylic acid groups (broad SMARTS) is 1. The summed E-state index contributed by atoms with van der Waals surface area (Å²) in [5, 5.41) is 25.3. The van der Waals surface area contributed by atoms with Crippen molar-refractivity contribution < 1.29 is 24.6 Å². The van der Waals surface area contributed by atoms with Crippen molar-refractivity contribution in [3.05, 3.63) is 0 Å². The summed E-state index contributed by atoms with van der Waals surface area (Å²) < 4.78 is 0. The smallest absolute Gasteiger partial charge is 0.337 e. The van der Waals surface area contributed by atoms with Crippen LogP contribution in [0.2, 0.25) is 0 Å². The molecule has 0 aliphatic heterocycles. The second kappa shape index (κ2) is 7.68. The minimum absolute atomic E-state index is 0.297. The van der Waals surface area contributed by atoms with Gasteiger partial charge in [0.05, 0.1) is 6.54 Å². The zero-order valence-corrected chi connectivity index (χ0v) is 12.2. The van der Waals surface area contributed by atoms with Gasteiger partial charge in [-0.05, 0) is 19.8 Å². The molecule has 0 radical (unpaired) electrons. The fourth-order valence-electron chi connectivity index (χ4n) is 1.10. The quantitative estimate of drug-likeness (QED) is 0.422. The Balaban J connectivity index is 4.14. The Hall–Kier alpha value is -1.83. The Bertz CT molecular complexity index is 368. The lowest BCUT2D eigenvalue weighted by atomic mass is 10.1. The molecule has 0 rings (SSSR count). The molecule has 0 spiro atoms. The van der Waals surface area contributed by atoms with E-state index in [1.165, 1.54) is 6.92 Å². The summed E-state index contributed by atoms with van der Waals surface area (Å²) >= 11 is 0. The molecule has 0 saturated carbocycles. The third-order valence-corrected chi connectivity index (χ3v) is 2.48. The number of rotatable bonds is 7. The average Bonchev–Trinajstić information content (AvgIpc) is 2.33. The van der Waals surface area contributed by atoms with Crippen molar-refractivity contribution >= 4 is 17.9 Å². The molecule has 0 heterocycles. The first-order chi connectivity index (χ1) is 9.06. The van der Waals surface area contributed by atoms with Crippen LogP contribution in [0.3, 0.4) is 0 Å². The minimum atomic E-state index is -2.06. The molecule has 0 aliphatic carbocycles. The van der Waals surface area contributed by atoms with Gasteiger partial charge in [0, 0.05) is 6.54 Å². The van der Waals surface area contributed by atoms with Crippen molar-refractivity contribution in [2.45, 2.75) is 39.3 Å². The van der Waals surface area contributed by atoms with Crippen molar-refractivity contribution in [2.75, 3.05) is 13.1 Å². The highest BCUT2D eigenvalue weighted by atomic mass is 16.4. The Morgan fingerprint density at radius 2 is 1.70 bits per heavy atom. The number of aliphatic hydroxyl groups is 1. The maximum absolute atomic E-state index is 11.6. The summed E-state index contributed by atoms with van der Waals surface area (Å²) in [6.45, 7) is 6.49. The van der Waals surface area contributed by atoms with Gasteiger partial charge in [0.1, 0.15) is 6.04 Å². The first-order valence-corrected chi connectivity index (χ1v) is 6.34. The second-order valence-electron chi connectivity index (χ2n) is 5.27. The molecule has 2 unspecified atom stereocenters. The first-order valence-electron chi connectivity index (χ1n) is 6.34. The third kappa shape index (κ3) is 6.93. The highest BCUT2D eigenvalue weighted by Gasteiger charge is 2.30. The standard InChI is InChI=1S/C12H23N3O5/c1-7(2)5-13-9(16)8(3)15-11(19)14-6-12(4,20)10(17)18/h7-8,20H,5-6H2,1-4H3,(H,13,16)(H,17,18)(H2,14,15,19). The van der Waals surface area contributed by atoms with E-state index in [2.05, 4.69) is 16.0 Å². The SMILES string of the molecule is CC(C)CNC(=O)C(C)NC(=O)NCC(C)(O)C(=O)O. The van der Waals surface area contributed by atoms with Gasteiger partial charge in [0.25, 0.3) is 0 Å². The largest absolute Gasteiger partial charge is 0.479 e. The number of hydrogen-bond acceptors (Lipinski definition) is 4. The van der Waals surface area contributed by atoms with E-state index in [1.54, 1.807) is 0 Å². The van der Waals surface area contributed by atoms with Gasteiger partial charge in [0.15, 0.2) is 5.60 Å². The lowest BCUT2D eigenvalue weighted by Gasteiger charge is -2.20. The molecule has 5 N–H and O–H groups in total. The fourth-order valence-corrected chi connectivity index (χ4v) is 1.10. The van der Waals surface area contributed by atoms with Crippen molar-refractivity contribution in [1.29, 1.82) is 0 Å². The maximum atomic E-state index is 11.6. The van der Waals surface area contributed by atoms with E-state index in [4.69, 9.17) is 5.11 Å². The molecule has 0 fully saturated rings. The molecular weight excluding hydrogens is 266 g/mol. The van der Waals surface area contributed by atoms with Crippen molar-refractivity contribution in [1.82, 2.24) is 16.0 Å². The van der Waals surface area contributed by atoms with Crippen LogP contribution in [0.5, 0.6) is 0 Å². The number of carbonyl (C=O) groups excluding carboxylic acids is 2. The maximum Gasteiger partial charge on any atom is 0.337 e. The van der Waals surface area contributed by atoms with E-state index in [9.17, 15) is 19.5 Å². The summed E-state index contributed by atoms with van der Waals surface area (Å²) in [7, 11) is 0. The van der Waals surface area contributed by atoms with E-state index in [0.29, 0.717) is 12.5 Å². The average molecular weight is 289 g/mol. The number of aliphatic carboxylic acids is 1. The predicted molar refractivity (Wildman–Crippen MR) is 72.1 cm³/mol. The summed E-state index contributed by atoms with van der Waals surface area (Å²) in [5.41, 5.74) is -2.06. The number of hydrogen-bond donors (Lipinski definition) is 5. The van der Waals surface area contributed by atoms with Crippen LogP contribution in [0.25, 0.3) is 0 Å². The lowest BCUT2D eigenvalue weighted by molar-refractivity contribution is -0.155. The first kappa shape index (κ1) is 18.2. The summed E-state index contributed by atoms with van der Waals surface area (Å²) in [4.78, 5) is 33.7. The third-order valence-electron chi connectivity index (χ3n) is 2.48. The summed E-state index contributed by atoms with van der Waals surface area (Å²) in [6.07, 6.45) is 0. The van der Waals surface area contributed by atoms with Gasteiger partial charge in [-0.3, -0.25) is 4.79 Å². The van der Waals surface area contributed by atoms with Crippen LogP contribution < -0.4 is 16.0 Å². The molecule has 0 aliphatic rings. The van der Waals surface area contributed by atoms with Gasteiger partial charge in [-0.1, -0.05) is 13.8 Å². The van der Waals surface area contributed by atoms with E-state index >= 15 is 0 Å². The topological polar surface area (TPSA) is 128 Å². The highest BCUT2D eigenvalue weighted by Crippen LogP contribution is 2.00. The molecule has 0 aromatic heterocycles. The van der Waals surface area contributed by atoms with Crippen LogP contribution in [-0.2, 0) is 9.59 Å². The van der Waals surface area contributed by atoms with E-state index in [0.717, 1.165) is 6.92 Å². The number of amides is 3. The highest BCUT2D eigenvalue weighted by molar-refractivity contribution is 5.87. The molecule has 0 saturated heterocycles. The number of urea groups is 1. The van der Waals surface area contributed by atoms with Crippen LogP contribution >= 0.6 is 0 Å². The molecule has 3 amide bonds. The van der Waals surface area contributed by atoms with Crippen LogP contribution in [0.4, 0.5) is 4.79 Å². The number of carboxylic acids is 1. The molecule has 8 nitrogen and oxygen atoms in total. The van der Waals surface area contributed by atoms with Crippen molar-refractivity contribution in [3.8, 4) is 0 Å². The molecule has 0 aromatic rings. The summed E-state index contributed by atoms with van der Waals surface area (Å²) in [5.74, 6) is -1.48. The van der Waals surface area contributed by atoms with Crippen LogP contribution in [0.15, 0.2) is 0 Å². The molecule has 2 atom stereocenters. The minimum Gasteiger partial charge on any atom is -0.479 e. The van der Waals surface area contributed by atoms with E-state index < -0.39 is 30.2 Å². The fraction of sp³-hybridized carbons (Fsp3) is 0.750. The van der Waals surface area contributed by atoms with Gasteiger partial charge >= 0.3 is 12.0 Å². The molecular formula is C12H23N3O5. The predicted octanol–water partition coefficient (Wildman–Crippen LogP) is -0.718. The van der Waals surface area contributed by atoms with Crippen LogP contribution in [0.1, 0.15) is 27.7 Å². The van der Waals surface area contributed by atoms with Crippen molar-refractivity contribution in [2.24, 2.45) is 5.92 Å². The number of carbonyl (C=O) groups is 3. The van der Waals surface area contributed by atoms with Crippen molar-refractivity contribution in [3.63, 3.8) is 0 Å². The van der Waals surface area contributed by atoms with E-state index in [-0.39, 0.29) is 5.91 Å². The van der Waals surface area contributed by atoms with Gasteiger partial charge in [-0.2, -0.15) is 0 Å². The van der Waals surface area contributed by atoms with Crippen LogP contribution in [0, 0.1) is 5.92 Å². The zero-order valence-electron chi connectivity index (χ0n) is 12.2. The molecule has 116 valence electrons. The second-order valence-corrected chi connectivity index (χ2v) is 5.27. The monoisotopic (exact) mass is 289 g/mol. The van der Waals surface area contributed by atoms with Gasteiger partial charge in [-0.15, -0.1) is 0 Å². The molecule has 0 aromatic carbocycles. The molecule has 20 heavy (non-hydrogen) atoms. The number of nitrogens with one attached hydrogen (secondary N) is 3. The lowest BCUT2D eigenvalue weighted by Crippen LogP contribution is -2.53.